The van der Waals surface area contributed by atoms with Gasteiger partial charge >= 0.3 is 0 Å². The van der Waals surface area contributed by atoms with E-state index in [0.29, 0.717) is 6.61 Å². The minimum absolute atomic E-state index is 0.600. The van der Waals surface area contributed by atoms with Gasteiger partial charge in [0.2, 0.25) is 0 Å². The Balaban J connectivity index is 1.71. The van der Waals surface area contributed by atoms with Crippen LogP contribution in [-0.2, 0) is 0 Å². The van der Waals surface area contributed by atoms with Gasteiger partial charge in [0.25, 0.3) is 0 Å². The molecule has 2 rings (SSSR count). The van der Waals surface area contributed by atoms with E-state index < -0.39 is 0 Å². The van der Waals surface area contributed by atoms with Gasteiger partial charge in [-0.05, 0) is 31.2 Å². The molecule has 0 aliphatic rings. The van der Waals surface area contributed by atoms with Crippen LogP contribution in [0.2, 0.25) is 0 Å². The summed E-state index contributed by atoms with van der Waals surface area (Å²) in [6.45, 7) is 3.37. The largest absolute Gasteiger partial charge is 0.492 e. The molecule has 0 fully saturated rings. The van der Waals surface area contributed by atoms with Crippen LogP contribution in [0.5, 0.6) is 5.75 Å². The maximum absolute atomic E-state index is 5.59. The molecule has 0 aliphatic heterocycles. The molecule has 1 aromatic heterocycles. The van der Waals surface area contributed by atoms with Gasteiger partial charge in [0.15, 0.2) is 5.13 Å². The lowest BCUT2D eigenvalue weighted by atomic mass is 10.3. The van der Waals surface area contributed by atoms with Crippen molar-refractivity contribution in [3.63, 3.8) is 0 Å². The van der Waals surface area contributed by atoms with Crippen LogP contribution < -0.4 is 15.8 Å². The predicted molar refractivity (Wildman–Crippen MR) is 71.7 cm³/mol. The second kappa shape index (κ2) is 5.54. The van der Waals surface area contributed by atoms with Crippen LogP contribution >= 0.6 is 11.3 Å². The SMILES string of the molecule is Cc1cnc(NCCOc2ccc(N)cc2)s1. The fraction of sp³-hybridized carbons (Fsp3) is 0.250. The molecule has 4 nitrogen and oxygen atoms in total. The Bertz CT molecular complexity index is 467. The lowest BCUT2D eigenvalue weighted by Gasteiger charge is -2.06. The first-order chi connectivity index (χ1) is 8.24. The molecule has 0 bridgehead atoms. The van der Waals surface area contributed by atoms with Gasteiger partial charge < -0.3 is 15.8 Å². The summed E-state index contributed by atoms with van der Waals surface area (Å²) >= 11 is 1.64. The predicted octanol–water partition coefficient (Wildman–Crippen LogP) is 2.52. The van der Waals surface area contributed by atoms with E-state index in [0.717, 1.165) is 23.1 Å². The molecule has 5 heteroatoms. The van der Waals surface area contributed by atoms with Gasteiger partial charge in [0.05, 0.1) is 6.54 Å². The van der Waals surface area contributed by atoms with Crippen LogP contribution in [-0.4, -0.2) is 18.1 Å². The molecule has 2 aromatic rings. The van der Waals surface area contributed by atoms with E-state index in [1.807, 2.05) is 37.4 Å². The molecule has 0 aliphatic carbocycles. The molecule has 0 spiro atoms. The third-order valence-corrected chi connectivity index (χ3v) is 3.02. The van der Waals surface area contributed by atoms with Gasteiger partial charge in [-0.15, -0.1) is 11.3 Å². The standard InChI is InChI=1S/C12H15N3OS/c1-9-8-15-12(17-9)14-6-7-16-11-4-2-10(13)3-5-11/h2-5,8H,6-7,13H2,1H3,(H,14,15). The summed E-state index contributed by atoms with van der Waals surface area (Å²) in [4.78, 5) is 5.41. The van der Waals surface area contributed by atoms with Crippen LogP contribution in [0.1, 0.15) is 4.88 Å². The zero-order valence-corrected chi connectivity index (χ0v) is 10.5. The number of nitrogens with zero attached hydrogens (tertiary/aromatic N) is 1. The zero-order valence-electron chi connectivity index (χ0n) is 9.64. The first-order valence-electron chi connectivity index (χ1n) is 5.39. The first kappa shape index (κ1) is 11.7. The van der Waals surface area contributed by atoms with E-state index in [9.17, 15) is 0 Å². The van der Waals surface area contributed by atoms with Crippen molar-refractivity contribution in [2.75, 3.05) is 24.2 Å². The van der Waals surface area contributed by atoms with Crippen molar-refractivity contribution in [1.29, 1.82) is 0 Å². The van der Waals surface area contributed by atoms with Gasteiger partial charge in [-0.3, -0.25) is 0 Å². The average Bonchev–Trinajstić information content (AvgIpc) is 2.73. The van der Waals surface area contributed by atoms with E-state index >= 15 is 0 Å². The minimum atomic E-state index is 0.600. The first-order valence-corrected chi connectivity index (χ1v) is 6.20. The lowest BCUT2D eigenvalue weighted by Crippen LogP contribution is -2.11. The Morgan fingerprint density at radius 1 is 1.35 bits per heavy atom. The second-order valence-electron chi connectivity index (χ2n) is 3.62. The highest BCUT2D eigenvalue weighted by atomic mass is 32.1. The molecule has 0 atom stereocenters. The third kappa shape index (κ3) is 3.64. The molecule has 0 saturated heterocycles. The monoisotopic (exact) mass is 249 g/mol. The number of aryl methyl sites for hydroxylation is 1. The van der Waals surface area contributed by atoms with Crippen LogP contribution in [0.3, 0.4) is 0 Å². The van der Waals surface area contributed by atoms with Crippen molar-refractivity contribution in [1.82, 2.24) is 4.98 Å². The van der Waals surface area contributed by atoms with Gasteiger partial charge in [0, 0.05) is 16.8 Å². The summed E-state index contributed by atoms with van der Waals surface area (Å²) in [6, 6.07) is 7.38. The van der Waals surface area contributed by atoms with Crippen LogP contribution in [0.4, 0.5) is 10.8 Å². The molecular formula is C12H15N3OS. The summed E-state index contributed by atoms with van der Waals surface area (Å²) in [6.07, 6.45) is 1.85. The quantitative estimate of drug-likeness (QED) is 0.631. The number of benzene rings is 1. The third-order valence-electron chi connectivity index (χ3n) is 2.15. The highest BCUT2D eigenvalue weighted by Crippen LogP contribution is 2.16. The summed E-state index contributed by atoms with van der Waals surface area (Å²) in [5.41, 5.74) is 6.33. The molecule has 1 aromatic carbocycles. The number of hydrogen-bond acceptors (Lipinski definition) is 5. The van der Waals surface area contributed by atoms with E-state index in [4.69, 9.17) is 10.5 Å². The molecule has 0 saturated carbocycles. The summed E-state index contributed by atoms with van der Waals surface area (Å²) in [7, 11) is 0. The number of thiazole rings is 1. The Morgan fingerprint density at radius 3 is 2.76 bits per heavy atom. The van der Waals surface area contributed by atoms with E-state index in [1.54, 1.807) is 11.3 Å². The minimum Gasteiger partial charge on any atom is -0.492 e. The summed E-state index contributed by atoms with van der Waals surface area (Å²) in [5.74, 6) is 0.830. The molecule has 17 heavy (non-hydrogen) atoms. The van der Waals surface area contributed by atoms with Crippen LogP contribution in [0.25, 0.3) is 0 Å². The lowest BCUT2D eigenvalue weighted by molar-refractivity contribution is 0.333. The molecule has 90 valence electrons. The Hall–Kier alpha value is -1.75. The van der Waals surface area contributed by atoms with Crippen molar-refractivity contribution in [3.8, 4) is 5.75 Å². The van der Waals surface area contributed by atoms with Crippen molar-refractivity contribution < 1.29 is 4.74 Å². The Kier molecular flexibility index (Phi) is 3.82. The topological polar surface area (TPSA) is 60.2 Å². The number of aromatic nitrogens is 1. The smallest absolute Gasteiger partial charge is 0.182 e. The Labute approximate surface area is 104 Å². The Morgan fingerprint density at radius 2 is 2.12 bits per heavy atom. The highest BCUT2D eigenvalue weighted by Gasteiger charge is 1.97. The number of nitrogen functional groups attached to an aromatic ring is 1. The number of hydrogen-bond donors (Lipinski definition) is 2. The molecule has 0 unspecified atom stereocenters. The number of nitrogens with one attached hydrogen (secondary N) is 1. The molecular weight excluding hydrogens is 234 g/mol. The maximum atomic E-state index is 5.59. The van der Waals surface area contributed by atoms with Crippen molar-refractivity contribution >= 4 is 22.2 Å². The van der Waals surface area contributed by atoms with Crippen molar-refractivity contribution in [2.24, 2.45) is 0 Å². The molecule has 0 amide bonds. The van der Waals surface area contributed by atoms with Crippen LogP contribution in [0, 0.1) is 6.92 Å². The highest BCUT2D eigenvalue weighted by molar-refractivity contribution is 7.15. The van der Waals surface area contributed by atoms with Crippen LogP contribution in [0.15, 0.2) is 30.5 Å². The zero-order chi connectivity index (χ0) is 12.1. The van der Waals surface area contributed by atoms with Gasteiger partial charge in [-0.2, -0.15) is 0 Å². The van der Waals surface area contributed by atoms with Crippen molar-refractivity contribution in [2.45, 2.75) is 6.92 Å². The van der Waals surface area contributed by atoms with Gasteiger partial charge in [0.1, 0.15) is 12.4 Å². The number of ether oxygens (including phenoxy) is 1. The second-order valence-corrected chi connectivity index (χ2v) is 4.86. The normalized spacial score (nSPS) is 10.2. The number of anilines is 2. The molecule has 1 heterocycles. The van der Waals surface area contributed by atoms with E-state index in [-0.39, 0.29) is 0 Å². The average molecular weight is 249 g/mol. The molecule has 0 radical (unpaired) electrons. The van der Waals surface area contributed by atoms with Gasteiger partial charge in [-0.1, -0.05) is 0 Å². The maximum Gasteiger partial charge on any atom is 0.182 e. The fourth-order valence-corrected chi connectivity index (χ4v) is 2.02. The fourth-order valence-electron chi connectivity index (χ4n) is 1.33. The molecule has 3 N–H and O–H groups in total. The van der Waals surface area contributed by atoms with Gasteiger partial charge in [-0.25, -0.2) is 4.98 Å². The van der Waals surface area contributed by atoms with E-state index in [2.05, 4.69) is 10.3 Å². The number of nitrogens with two attached hydrogens (primary N) is 1. The number of rotatable bonds is 5. The summed E-state index contributed by atoms with van der Waals surface area (Å²) in [5, 5.41) is 4.14. The van der Waals surface area contributed by atoms with Crippen molar-refractivity contribution in [3.05, 3.63) is 35.3 Å². The van der Waals surface area contributed by atoms with E-state index in [1.165, 1.54) is 4.88 Å². The summed E-state index contributed by atoms with van der Waals surface area (Å²) < 4.78 is 5.55.